The van der Waals surface area contributed by atoms with Crippen LogP contribution in [0.25, 0.3) is 10.9 Å². The number of nitrogens with one attached hydrogen (secondary N) is 1. The molecule has 0 saturated carbocycles. The van der Waals surface area contributed by atoms with Crippen molar-refractivity contribution in [2.45, 2.75) is 51.9 Å². The zero-order valence-corrected chi connectivity index (χ0v) is 12.4. The normalized spacial score (nSPS) is 18.7. The molecule has 1 unspecified atom stereocenters. The average Bonchev–Trinajstić information content (AvgIpc) is 2.77. The predicted octanol–water partition coefficient (Wildman–Crippen LogP) is 5.51. The Kier molecular flexibility index (Phi) is 3.83. The lowest BCUT2D eigenvalue weighted by atomic mass is 9.83. The van der Waals surface area contributed by atoms with Gasteiger partial charge in [-0.3, -0.25) is 0 Å². The molecule has 3 rings (SSSR count). The van der Waals surface area contributed by atoms with Gasteiger partial charge < -0.3 is 4.98 Å². The van der Waals surface area contributed by atoms with Crippen molar-refractivity contribution in [2.75, 3.05) is 0 Å². The molecule has 2 aromatic rings. The van der Waals surface area contributed by atoms with Gasteiger partial charge in [0, 0.05) is 21.6 Å². The zero-order chi connectivity index (χ0) is 13.2. The minimum Gasteiger partial charge on any atom is -0.358 e. The molecular formula is C17H22ClN. The van der Waals surface area contributed by atoms with E-state index in [1.807, 2.05) is 6.07 Å². The maximum Gasteiger partial charge on any atom is 0.0460 e. The molecule has 0 spiro atoms. The van der Waals surface area contributed by atoms with Gasteiger partial charge >= 0.3 is 0 Å². The summed E-state index contributed by atoms with van der Waals surface area (Å²) in [5.74, 6) is 0.872. The summed E-state index contributed by atoms with van der Waals surface area (Å²) in [5, 5.41) is 2.20. The summed E-state index contributed by atoms with van der Waals surface area (Å²) in [5.41, 5.74) is 4.23. The SMILES string of the molecule is CCCCCC1CCc2[nH]c3ccc(Cl)cc3c2C1. The number of rotatable bonds is 4. The fourth-order valence-corrected chi connectivity index (χ4v) is 3.56. The molecule has 1 aliphatic carbocycles. The van der Waals surface area contributed by atoms with Crippen molar-refractivity contribution in [3.8, 4) is 0 Å². The van der Waals surface area contributed by atoms with Gasteiger partial charge in [0.25, 0.3) is 0 Å². The molecule has 0 bridgehead atoms. The second-order valence-electron chi connectivity index (χ2n) is 5.88. The number of aromatic amines is 1. The number of aryl methyl sites for hydroxylation is 1. The highest BCUT2D eigenvalue weighted by Crippen LogP contribution is 2.34. The first-order chi connectivity index (χ1) is 9.28. The number of unbranched alkanes of at least 4 members (excludes halogenated alkanes) is 2. The van der Waals surface area contributed by atoms with Gasteiger partial charge in [-0.1, -0.05) is 44.2 Å². The number of hydrogen-bond donors (Lipinski definition) is 1. The van der Waals surface area contributed by atoms with Crippen LogP contribution in [0.2, 0.25) is 5.02 Å². The van der Waals surface area contributed by atoms with E-state index in [2.05, 4.69) is 24.0 Å². The summed E-state index contributed by atoms with van der Waals surface area (Å²) in [6.07, 6.45) is 9.26. The molecule has 0 radical (unpaired) electrons. The van der Waals surface area contributed by atoms with E-state index in [0.29, 0.717) is 0 Å². The molecule has 1 N–H and O–H groups in total. The lowest BCUT2D eigenvalue weighted by Crippen LogP contribution is -2.13. The molecule has 1 heterocycles. The van der Waals surface area contributed by atoms with Crippen molar-refractivity contribution in [3.63, 3.8) is 0 Å². The molecule has 0 amide bonds. The third-order valence-electron chi connectivity index (χ3n) is 4.47. The Morgan fingerprint density at radius 3 is 3.05 bits per heavy atom. The second kappa shape index (κ2) is 5.58. The molecule has 2 heteroatoms. The van der Waals surface area contributed by atoms with Gasteiger partial charge in [0.05, 0.1) is 0 Å². The Hall–Kier alpha value is -0.950. The van der Waals surface area contributed by atoms with Gasteiger partial charge in [-0.15, -0.1) is 0 Å². The van der Waals surface area contributed by atoms with Crippen LogP contribution in [-0.4, -0.2) is 4.98 Å². The van der Waals surface area contributed by atoms with Gasteiger partial charge in [-0.05, 0) is 48.9 Å². The molecule has 1 nitrogen and oxygen atoms in total. The maximum absolute atomic E-state index is 6.14. The fourth-order valence-electron chi connectivity index (χ4n) is 3.39. The standard InChI is InChI=1S/C17H22ClN/c1-2-3-4-5-12-6-8-16-14(10-12)15-11-13(18)7-9-17(15)19-16/h7,9,11-12,19H,2-6,8,10H2,1H3. The van der Waals surface area contributed by atoms with Crippen LogP contribution in [0.5, 0.6) is 0 Å². The Bertz CT molecular complexity index is 570. The number of aromatic nitrogens is 1. The maximum atomic E-state index is 6.14. The summed E-state index contributed by atoms with van der Waals surface area (Å²) in [7, 11) is 0. The average molecular weight is 276 g/mol. The van der Waals surface area contributed by atoms with Crippen molar-refractivity contribution in [2.24, 2.45) is 5.92 Å². The first-order valence-corrected chi connectivity index (χ1v) is 7.94. The van der Waals surface area contributed by atoms with Crippen LogP contribution in [0.3, 0.4) is 0 Å². The lowest BCUT2D eigenvalue weighted by Gasteiger charge is -2.22. The van der Waals surface area contributed by atoms with E-state index >= 15 is 0 Å². The summed E-state index contributed by atoms with van der Waals surface area (Å²) < 4.78 is 0. The number of benzene rings is 1. The topological polar surface area (TPSA) is 15.8 Å². The summed E-state index contributed by atoms with van der Waals surface area (Å²) in [6.45, 7) is 2.28. The molecular weight excluding hydrogens is 254 g/mol. The molecule has 19 heavy (non-hydrogen) atoms. The van der Waals surface area contributed by atoms with Crippen LogP contribution in [-0.2, 0) is 12.8 Å². The molecule has 0 saturated heterocycles. The van der Waals surface area contributed by atoms with Crippen LogP contribution in [0, 0.1) is 5.92 Å². The first-order valence-electron chi connectivity index (χ1n) is 7.57. The van der Waals surface area contributed by atoms with Crippen molar-refractivity contribution < 1.29 is 0 Å². The minimum atomic E-state index is 0.849. The van der Waals surface area contributed by atoms with Gasteiger partial charge in [0.1, 0.15) is 0 Å². The summed E-state index contributed by atoms with van der Waals surface area (Å²) >= 11 is 6.14. The second-order valence-corrected chi connectivity index (χ2v) is 6.31. The molecule has 102 valence electrons. The summed E-state index contributed by atoms with van der Waals surface area (Å²) in [4.78, 5) is 3.57. The van der Waals surface area contributed by atoms with E-state index in [1.54, 1.807) is 0 Å². The van der Waals surface area contributed by atoms with Crippen molar-refractivity contribution in [1.29, 1.82) is 0 Å². The highest BCUT2D eigenvalue weighted by Gasteiger charge is 2.22. The highest BCUT2D eigenvalue weighted by atomic mass is 35.5. The molecule has 0 fully saturated rings. The van der Waals surface area contributed by atoms with Crippen molar-refractivity contribution >= 4 is 22.5 Å². The van der Waals surface area contributed by atoms with Gasteiger partial charge in [0.15, 0.2) is 0 Å². The Balaban J connectivity index is 1.82. The molecule has 1 aliphatic rings. The number of halogens is 1. The van der Waals surface area contributed by atoms with E-state index in [-0.39, 0.29) is 0 Å². The number of hydrogen-bond acceptors (Lipinski definition) is 0. The lowest BCUT2D eigenvalue weighted by molar-refractivity contribution is 0.408. The van der Waals surface area contributed by atoms with Crippen molar-refractivity contribution in [3.05, 3.63) is 34.5 Å². The quantitative estimate of drug-likeness (QED) is 0.709. The zero-order valence-electron chi connectivity index (χ0n) is 11.6. The smallest absolute Gasteiger partial charge is 0.0460 e. The van der Waals surface area contributed by atoms with Crippen LogP contribution >= 0.6 is 11.6 Å². The first kappa shape index (κ1) is 13.1. The van der Waals surface area contributed by atoms with Crippen LogP contribution in [0.4, 0.5) is 0 Å². The van der Waals surface area contributed by atoms with Gasteiger partial charge in [0.2, 0.25) is 0 Å². The van der Waals surface area contributed by atoms with Crippen LogP contribution in [0.15, 0.2) is 18.2 Å². The number of H-pyrrole nitrogens is 1. The highest BCUT2D eigenvalue weighted by molar-refractivity contribution is 6.31. The Morgan fingerprint density at radius 2 is 2.21 bits per heavy atom. The van der Waals surface area contributed by atoms with E-state index in [4.69, 9.17) is 11.6 Å². The largest absolute Gasteiger partial charge is 0.358 e. The van der Waals surface area contributed by atoms with Crippen molar-refractivity contribution in [1.82, 2.24) is 4.98 Å². The van der Waals surface area contributed by atoms with Crippen LogP contribution < -0.4 is 0 Å². The number of fused-ring (bicyclic) bond motifs is 3. The van der Waals surface area contributed by atoms with Gasteiger partial charge in [-0.25, -0.2) is 0 Å². The van der Waals surface area contributed by atoms with E-state index in [9.17, 15) is 0 Å². The third-order valence-corrected chi connectivity index (χ3v) is 4.70. The molecule has 1 aromatic heterocycles. The third kappa shape index (κ3) is 2.67. The minimum absolute atomic E-state index is 0.849. The van der Waals surface area contributed by atoms with E-state index in [1.165, 1.54) is 67.1 Å². The van der Waals surface area contributed by atoms with E-state index < -0.39 is 0 Å². The predicted molar refractivity (Wildman–Crippen MR) is 83.0 cm³/mol. The summed E-state index contributed by atoms with van der Waals surface area (Å²) in [6, 6.07) is 6.22. The Labute approximate surface area is 120 Å². The fraction of sp³-hybridized carbons (Fsp3) is 0.529. The Morgan fingerprint density at radius 1 is 1.32 bits per heavy atom. The monoisotopic (exact) mass is 275 g/mol. The molecule has 1 atom stereocenters. The van der Waals surface area contributed by atoms with Crippen LogP contribution in [0.1, 0.15) is 50.3 Å². The van der Waals surface area contributed by atoms with E-state index in [0.717, 1.165) is 10.9 Å². The molecule has 0 aliphatic heterocycles. The molecule has 1 aromatic carbocycles. The van der Waals surface area contributed by atoms with Gasteiger partial charge in [-0.2, -0.15) is 0 Å².